The fourth-order valence-corrected chi connectivity index (χ4v) is 2.22. The number of hydrogen-bond acceptors (Lipinski definition) is 4. The molecule has 1 aliphatic rings. The zero-order valence-corrected chi connectivity index (χ0v) is 12.3. The number of rotatable bonds is 8. The molecule has 7 heteroatoms. The summed E-state index contributed by atoms with van der Waals surface area (Å²) in [4.78, 5) is 21.9. The molecule has 0 aromatic heterocycles. The molecule has 0 aliphatic heterocycles. The Morgan fingerprint density at radius 1 is 1.40 bits per heavy atom. The average molecular weight is 288 g/mol. The van der Waals surface area contributed by atoms with E-state index in [4.69, 9.17) is 14.6 Å². The molecule has 2 amide bonds. The zero-order chi connectivity index (χ0) is 15.2. The molecule has 2 atom stereocenters. The standard InChI is InChI=1S/C13H24N2O5/c1-4-20-10-7-9(13(10,2)3)15-12(18)14-5-6-19-8-11(16)17/h9-10H,4-8H2,1-3H3,(H,16,17)(H2,14,15,18). The lowest BCUT2D eigenvalue weighted by atomic mass is 9.64. The van der Waals surface area contributed by atoms with E-state index in [2.05, 4.69) is 24.5 Å². The van der Waals surface area contributed by atoms with Crippen LogP contribution in [-0.4, -0.2) is 55.6 Å². The Morgan fingerprint density at radius 3 is 2.65 bits per heavy atom. The minimum atomic E-state index is -1.02. The van der Waals surface area contributed by atoms with Crippen LogP contribution in [0.2, 0.25) is 0 Å². The van der Waals surface area contributed by atoms with Gasteiger partial charge in [0.2, 0.25) is 0 Å². The first-order valence-electron chi connectivity index (χ1n) is 6.83. The Balaban J connectivity index is 2.16. The fraction of sp³-hybridized carbons (Fsp3) is 0.846. The van der Waals surface area contributed by atoms with Crippen molar-refractivity contribution in [2.45, 2.75) is 39.3 Å². The number of aliphatic carboxylic acids is 1. The molecule has 2 unspecified atom stereocenters. The smallest absolute Gasteiger partial charge is 0.329 e. The third-order valence-corrected chi connectivity index (χ3v) is 3.61. The van der Waals surface area contributed by atoms with Crippen LogP contribution in [0.1, 0.15) is 27.2 Å². The molecule has 20 heavy (non-hydrogen) atoms. The highest BCUT2D eigenvalue weighted by atomic mass is 16.5. The first-order valence-corrected chi connectivity index (χ1v) is 6.83. The first-order chi connectivity index (χ1) is 9.37. The summed E-state index contributed by atoms with van der Waals surface area (Å²) in [6, 6.07) is -0.184. The molecule has 7 nitrogen and oxygen atoms in total. The second-order valence-electron chi connectivity index (χ2n) is 5.40. The van der Waals surface area contributed by atoms with Crippen molar-refractivity contribution in [2.24, 2.45) is 5.41 Å². The van der Waals surface area contributed by atoms with Crippen LogP contribution in [0, 0.1) is 5.41 Å². The molecular formula is C13H24N2O5. The highest BCUT2D eigenvalue weighted by Crippen LogP contribution is 2.42. The molecule has 0 heterocycles. The summed E-state index contributed by atoms with van der Waals surface area (Å²) in [5, 5.41) is 13.9. The summed E-state index contributed by atoms with van der Waals surface area (Å²) < 4.78 is 10.4. The normalized spacial score (nSPS) is 23.8. The van der Waals surface area contributed by atoms with Gasteiger partial charge in [-0.15, -0.1) is 0 Å². The molecule has 0 spiro atoms. The van der Waals surface area contributed by atoms with Crippen LogP contribution in [0.25, 0.3) is 0 Å². The minimum Gasteiger partial charge on any atom is -0.480 e. The van der Waals surface area contributed by atoms with Gasteiger partial charge in [0.25, 0.3) is 0 Å². The van der Waals surface area contributed by atoms with Crippen molar-refractivity contribution >= 4 is 12.0 Å². The van der Waals surface area contributed by atoms with Gasteiger partial charge in [-0.3, -0.25) is 0 Å². The second kappa shape index (κ2) is 7.44. The summed E-state index contributed by atoms with van der Waals surface area (Å²) in [7, 11) is 0. The van der Waals surface area contributed by atoms with Gasteiger partial charge in [0.1, 0.15) is 6.61 Å². The molecule has 116 valence electrons. The monoisotopic (exact) mass is 288 g/mol. The summed E-state index contributed by atoms with van der Waals surface area (Å²) in [6.07, 6.45) is 0.987. The third-order valence-electron chi connectivity index (χ3n) is 3.61. The van der Waals surface area contributed by atoms with Gasteiger partial charge in [-0.05, 0) is 13.3 Å². The molecule has 0 aromatic carbocycles. The molecule has 0 bridgehead atoms. The topological polar surface area (TPSA) is 96.9 Å². The minimum absolute atomic E-state index is 0.0762. The van der Waals surface area contributed by atoms with E-state index in [1.54, 1.807) is 0 Å². The van der Waals surface area contributed by atoms with Gasteiger partial charge < -0.3 is 25.2 Å². The Kier molecular flexibility index (Phi) is 6.22. The maximum absolute atomic E-state index is 11.7. The Bertz CT molecular complexity index is 346. The Labute approximate surface area is 119 Å². The van der Waals surface area contributed by atoms with Crippen molar-refractivity contribution < 1.29 is 24.2 Å². The van der Waals surface area contributed by atoms with Crippen LogP contribution in [-0.2, 0) is 14.3 Å². The number of carbonyl (C=O) groups excluding carboxylic acids is 1. The van der Waals surface area contributed by atoms with Crippen LogP contribution in [0.4, 0.5) is 4.79 Å². The lowest BCUT2D eigenvalue weighted by Gasteiger charge is -2.51. The van der Waals surface area contributed by atoms with Crippen molar-refractivity contribution in [3.05, 3.63) is 0 Å². The third kappa shape index (κ3) is 4.64. The fourth-order valence-electron chi connectivity index (χ4n) is 2.22. The van der Waals surface area contributed by atoms with E-state index in [9.17, 15) is 9.59 Å². The van der Waals surface area contributed by atoms with Gasteiger partial charge in [0, 0.05) is 24.6 Å². The summed E-state index contributed by atoms with van der Waals surface area (Å²) in [5.41, 5.74) is -0.0762. The number of urea groups is 1. The number of amides is 2. The van der Waals surface area contributed by atoms with Gasteiger partial charge in [-0.25, -0.2) is 9.59 Å². The van der Waals surface area contributed by atoms with E-state index < -0.39 is 5.97 Å². The van der Waals surface area contributed by atoms with E-state index in [1.165, 1.54) is 0 Å². The lowest BCUT2D eigenvalue weighted by Crippen LogP contribution is -2.63. The van der Waals surface area contributed by atoms with Crippen LogP contribution >= 0.6 is 0 Å². The molecule has 0 aromatic rings. The van der Waals surface area contributed by atoms with Crippen molar-refractivity contribution in [1.29, 1.82) is 0 Å². The lowest BCUT2D eigenvalue weighted by molar-refractivity contribution is -0.142. The van der Waals surface area contributed by atoms with Crippen molar-refractivity contribution in [3.63, 3.8) is 0 Å². The van der Waals surface area contributed by atoms with Crippen LogP contribution in [0.15, 0.2) is 0 Å². The number of ether oxygens (including phenoxy) is 2. The molecular weight excluding hydrogens is 264 g/mol. The van der Waals surface area contributed by atoms with Crippen LogP contribution in [0.3, 0.4) is 0 Å². The number of nitrogens with one attached hydrogen (secondary N) is 2. The molecule has 3 N–H and O–H groups in total. The predicted molar refractivity (Wildman–Crippen MR) is 72.6 cm³/mol. The van der Waals surface area contributed by atoms with Gasteiger partial charge in [0.15, 0.2) is 0 Å². The van der Waals surface area contributed by atoms with E-state index in [1.807, 2.05) is 6.92 Å². The van der Waals surface area contributed by atoms with Crippen LogP contribution < -0.4 is 10.6 Å². The number of hydrogen-bond donors (Lipinski definition) is 3. The molecule has 0 radical (unpaired) electrons. The molecule has 1 rings (SSSR count). The van der Waals surface area contributed by atoms with E-state index in [0.29, 0.717) is 6.61 Å². The second-order valence-corrected chi connectivity index (χ2v) is 5.40. The van der Waals surface area contributed by atoms with Gasteiger partial charge in [-0.2, -0.15) is 0 Å². The number of carbonyl (C=O) groups is 2. The van der Waals surface area contributed by atoms with E-state index >= 15 is 0 Å². The number of carboxylic acids is 1. The summed E-state index contributed by atoms with van der Waals surface area (Å²) in [5.74, 6) is -1.02. The predicted octanol–water partition coefficient (Wildman–Crippen LogP) is 0.590. The Hall–Kier alpha value is -1.34. The zero-order valence-electron chi connectivity index (χ0n) is 12.3. The van der Waals surface area contributed by atoms with Gasteiger partial charge in [-0.1, -0.05) is 13.8 Å². The van der Waals surface area contributed by atoms with Crippen molar-refractivity contribution in [2.75, 3.05) is 26.4 Å². The maximum Gasteiger partial charge on any atom is 0.329 e. The highest BCUT2D eigenvalue weighted by molar-refractivity contribution is 5.74. The van der Waals surface area contributed by atoms with Crippen molar-refractivity contribution in [3.8, 4) is 0 Å². The van der Waals surface area contributed by atoms with Gasteiger partial charge >= 0.3 is 12.0 Å². The summed E-state index contributed by atoms with van der Waals surface area (Å²) in [6.45, 7) is 6.87. The molecule has 1 fully saturated rings. The van der Waals surface area contributed by atoms with E-state index in [0.717, 1.165) is 6.42 Å². The molecule has 0 saturated heterocycles. The maximum atomic E-state index is 11.7. The van der Waals surface area contributed by atoms with E-state index in [-0.39, 0.29) is 43.4 Å². The first kappa shape index (κ1) is 16.7. The SMILES string of the molecule is CCOC1CC(NC(=O)NCCOCC(=O)O)C1(C)C. The highest BCUT2D eigenvalue weighted by Gasteiger charge is 2.49. The number of carboxylic acid groups (broad SMARTS) is 1. The average Bonchev–Trinajstić information content (AvgIpc) is 2.37. The molecule has 1 saturated carbocycles. The Morgan fingerprint density at radius 2 is 2.10 bits per heavy atom. The van der Waals surface area contributed by atoms with Crippen molar-refractivity contribution in [1.82, 2.24) is 10.6 Å². The quantitative estimate of drug-likeness (QED) is 0.568. The molecule has 1 aliphatic carbocycles. The van der Waals surface area contributed by atoms with Crippen LogP contribution in [0.5, 0.6) is 0 Å². The summed E-state index contributed by atoms with van der Waals surface area (Å²) >= 11 is 0. The largest absolute Gasteiger partial charge is 0.480 e. The van der Waals surface area contributed by atoms with Gasteiger partial charge in [0.05, 0.1) is 12.7 Å².